The zero-order valence-corrected chi connectivity index (χ0v) is 9.73. The molecule has 1 fully saturated rings. The summed E-state index contributed by atoms with van der Waals surface area (Å²) in [4.78, 5) is 18.1. The Hall–Kier alpha value is -1.58. The van der Waals surface area contributed by atoms with Crippen LogP contribution in [0.3, 0.4) is 0 Å². The van der Waals surface area contributed by atoms with Gasteiger partial charge in [0.1, 0.15) is 0 Å². The molecule has 4 heteroatoms. The molecule has 86 valence electrons. The summed E-state index contributed by atoms with van der Waals surface area (Å²) in [5, 5.41) is 3.02. The lowest BCUT2D eigenvalue weighted by molar-refractivity contribution is 0.0652. The van der Waals surface area contributed by atoms with Gasteiger partial charge in [0.25, 0.3) is 5.91 Å². The Labute approximate surface area is 95.7 Å². The number of pyridine rings is 1. The first-order valence-electron chi connectivity index (χ1n) is 5.63. The van der Waals surface area contributed by atoms with E-state index in [0.29, 0.717) is 11.6 Å². The van der Waals surface area contributed by atoms with Crippen LogP contribution in [0.25, 0.3) is 0 Å². The second kappa shape index (κ2) is 4.51. The summed E-state index contributed by atoms with van der Waals surface area (Å²) in [5.74, 6) is 0.0575. The summed E-state index contributed by atoms with van der Waals surface area (Å²) < 4.78 is 0. The van der Waals surface area contributed by atoms with Crippen LogP contribution < -0.4 is 5.32 Å². The Balaban J connectivity index is 2.19. The lowest BCUT2D eigenvalue weighted by atomic mass is 9.91. The summed E-state index contributed by atoms with van der Waals surface area (Å²) >= 11 is 0. The molecule has 1 aromatic rings. The Bertz CT molecular complexity index is 388. The topological polar surface area (TPSA) is 45.2 Å². The van der Waals surface area contributed by atoms with Gasteiger partial charge in [-0.15, -0.1) is 0 Å². The average molecular weight is 219 g/mol. The molecule has 2 rings (SSSR count). The molecule has 0 aromatic carbocycles. The van der Waals surface area contributed by atoms with Gasteiger partial charge in [0.2, 0.25) is 0 Å². The largest absolute Gasteiger partial charge is 0.387 e. The standard InChI is InChI=1S/C12H17N3O/c1-13-11-6-7-14-8-10(11)12(16)15(2)9-4-3-5-9/h6-9H,3-5H2,1-2H3,(H,13,14). The molecule has 1 heterocycles. The molecule has 1 N–H and O–H groups in total. The molecule has 1 amide bonds. The molecule has 1 aliphatic rings. The zero-order chi connectivity index (χ0) is 11.5. The number of hydrogen-bond acceptors (Lipinski definition) is 3. The van der Waals surface area contributed by atoms with Crippen LogP contribution >= 0.6 is 0 Å². The molecule has 0 saturated heterocycles. The predicted octanol–water partition coefficient (Wildman–Crippen LogP) is 1.75. The van der Waals surface area contributed by atoms with Crippen molar-refractivity contribution in [3.63, 3.8) is 0 Å². The van der Waals surface area contributed by atoms with Crippen molar-refractivity contribution in [1.82, 2.24) is 9.88 Å². The van der Waals surface area contributed by atoms with Crippen molar-refractivity contribution in [3.05, 3.63) is 24.0 Å². The Morgan fingerprint density at radius 3 is 2.88 bits per heavy atom. The van der Waals surface area contributed by atoms with E-state index in [9.17, 15) is 4.79 Å². The number of rotatable bonds is 3. The molecule has 16 heavy (non-hydrogen) atoms. The minimum absolute atomic E-state index is 0.0575. The van der Waals surface area contributed by atoms with Gasteiger partial charge in [-0.05, 0) is 25.3 Å². The van der Waals surface area contributed by atoms with Crippen LogP contribution in [0.1, 0.15) is 29.6 Å². The summed E-state index contributed by atoms with van der Waals surface area (Å²) in [6, 6.07) is 2.24. The maximum atomic E-state index is 12.2. The van der Waals surface area contributed by atoms with Crippen molar-refractivity contribution >= 4 is 11.6 Å². The minimum Gasteiger partial charge on any atom is -0.387 e. The van der Waals surface area contributed by atoms with Crippen LogP contribution in [0.15, 0.2) is 18.5 Å². The van der Waals surface area contributed by atoms with E-state index in [1.807, 2.05) is 25.1 Å². The predicted molar refractivity (Wildman–Crippen MR) is 63.5 cm³/mol. The van der Waals surface area contributed by atoms with Crippen LogP contribution in [0.2, 0.25) is 0 Å². The van der Waals surface area contributed by atoms with Crippen molar-refractivity contribution < 1.29 is 4.79 Å². The van der Waals surface area contributed by atoms with E-state index in [-0.39, 0.29) is 5.91 Å². The first-order valence-corrected chi connectivity index (χ1v) is 5.63. The van der Waals surface area contributed by atoms with Gasteiger partial charge >= 0.3 is 0 Å². The van der Waals surface area contributed by atoms with Gasteiger partial charge in [0.05, 0.1) is 5.56 Å². The number of carbonyl (C=O) groups excluding carboxylic acids is 1. The lowest BCUT2D eigenvalue weighted by Gasteiger charge is -2.35. The van der Waals surface area contributed by atoms with Crippen molar-refractivity contribution in [2.75, 3.05) is 19.4 Å². The third kappa shape index (κ3) is 1.87. The van der Waals surface area contributed by atoms with Gasteiger partial charge in [0.15, 0.2) is 0 Å². The zero-order valence-electron chi connectivity index (χ0n) is 9.73. The lowest BCUT2D eigenvalue weighted by Crippen LogP contribution is -2.41. The molecule has 1 aromatic heterocycles. The SMILES string of the molecule is CNc1ccncc1C(=O)N(C)C1CCC1. The highest BCUT2D eigenvalue weighted by Gasteiger charge is 2.27. The van der Waals surface area contributed by atoms with E-state index >= 15 is 0 Å². The molecule has 0 spiro atoms. The van der Waals surface area contributed by atoms with Crippen LogP contribution in [-0.2, 0) is 0 Å². The second-order valence-corrected chi connectivity index (χ2v) is 4.17. The van der Waals surface area contributed by atoms with Gasteiger partial charge in [-0.1, -0.05) is 0 Å². The molecular weight excluding hydrogens is 202 g/mol. The molecule has 0 radical (unpaired) electrons. The van der Waals surface area contributed by atoms with E-state index < -0.39 is 0 Å². The maximum absolute atomic E-state index is 12.2. The van der Waals surface area contributed by atoms with Crippen LogP contribution in [-0.4, -0.2) is 35.9 Å². The quantitative estimate of drug-likeness (QED) is 0.842. The number of amides is 1. The summed E-state index contributed by atoms with van der Waals surface area (Å²) in [5.41, 5.74) is 1.49. The van der Waals surface area contributed by atoms with E-state index in [2.05, 4.69) is 10.3 Å². The number of nitrogens with one attached hydrogen (secondary N) is 1. The third-order valence-corrected chi connectivity index (χ3v) is 3.26. The average Bonchev–Trinajstić information content (AvgIpc) is 2.25. The van der Waals surface area contributed by atoms with E-state index in [4.69, 9.17) is 0 Å². The molecule has 4 nitrogen and oxygen atoms in total. The summed E-state index contributed by atoms with van der Waals surface area (Å²) in [6.45, 7) is 0. The first kappa shape index (κ1) is 10.9. The highest BCUT2D eigenvalue weighted by atomic mass is 16.2. The molecule has 1 aliphatic carbocycles. The Morgan fingerprint density at radius 1 is 1.56 bits per heavy atom. The van der Waals surface area contributed by atoms with Gasteiger partial charge in [-0.2, -0.15) is 0 Å². The molecule has 0 aliphatic heterocycles. The van der Waals surface area contributed by atoms with E-state index in [1.54, 1.807) is 12.4 Å². The highest BCUT2D eigenvalue weighted by molar-refractivity contribution is 5.99. The summed E-state index contributed by atoms with van der Waals surface area (Å²) in [6.07, 6.45) is 6.79. The molecule has 0 bridgehead atoms. The Kier molecular flexibility index (Phi) is 3.08. The number of aromatic nitrogens is 1. The maximum Gasteiger partial charge on any atom is 0.257 e. The number of hydrogen-bond donors (Lipinski definition) is 1. The van der Waals surface area contributed by atoms with Crippen LogP contribution in [0.4, 0.5) is 5.69 Å². The molecule has 0 atom stereocenters. The molecule has 1 saturated carbocycles. The fourth-order valence-corrected chi connectivity index (χ4v) is 1.91. The van der Waals surface area contributed by atoms with E-state index in [1.165, 1.54) is 6.42 Å². The number of carbonyl (C=O) groups is 1. The van der Waals surface area contributed by atoms with Crippen molar-refractivity contribution in [2.45, 2.75) is 25.3 Å². The smallest absolute Gasteiger partial charge is 0.257 e. The van der Waals surface area contributed by atoms with Crippen molar-refractivity contribution in [2.24, 2.45) is 0 Å². The van der Waals surface area contributed by atoms with Crippen LogP contribution in [0, 0.1) is 0 Å². The molecule has 0 unspecified atom stereocenters. The van der Waals surface area contributed by atoms with Gasteiger partial charge in [-0.25, -0.2) is 0 Å². The fourth-order valence-electron chi connectivity index (χ4n) is 1.91. The molecular formula is C12H17N3O. The number of anilines is 1. The third-order valence-electron chi connectivity index (χ3n) is 3.26. The minimum atomic E-state index is 0.0575. The van der Waals surface area contributed by atoms with Gasteiger partial charge < -0.3 is 10.2 Å². The van der Waals surface area contributed by atoms with Crippen LogP contribution in [0.5, 0.6) is 0 Å². The highest BCUT2D eigenvalue weighted by Crippen LogP contribution is 2.26. The van der Waals surface area contributed by atoms with Crippen molar-refractivity contribution in [3.8, 4) is 0 Å². The van der Waals surface area contributed by atoms with Crippen molar-refractivity contribution in [1.29, 1.82) is 0 Å². The second-order valence-electron chi connectivity index (χ2n) is 4.17. The summed E-state index contributed by atoms with van der Waals surface area (Å²) in [7, 11) is 3.69. The first-order chi connectivity index (χ1) is 7.74. The normalized spacial score (nSPS) is 15.4. The Morgan fingerprint density at radius 2 is 2.31 bits per heavy atom. The monoisotopic (exact) mass is 219 g/mol. The van der Waals surface area contributed by atoms with Gasteiger partial charge in [0, 0.05) is 38.2 Å². The van der Waals surface area contributed by atoms with E-state index in [0.717, 1.165) is 18.5 Å². The number of nitrogens with zero attached hydrogens (tertiary/aromatic N) is 2. The fraction of sp³-hybridized carbons (Fsp3) is 0.500. The van der Waals surface area contributed by atoms with Gasteiger partial charge in [-0.3, -0.25) is 9.78 Å².